The van der Waals surface area contributed by atoms with Crippen LogP contribution in [0.1, 0.15) is 6.92 Å². The molecule has 0 aliphatic rings. The van der Waals surface area contributed by atoms with Crippen LogP contribution >= 0.6 is 9.47 Å². The molecular weight excluding hydrogens is 167 g/mol. The fourth-order valence-corrected chi connectivity index (χ4v) is 0.650. The van der Waals surface area contributed by atoms with Gasteiger partial charge in [0.25, 0.3) is 0 Å². The molecule has 64 valence electrons. The number of aliphatic hydroxyl groups is 1. The predicted octanol–water partition coefficient (Wildman–Crippen LogP) is 0.185. The van der Waals surface area contributed by atoms with Gasteiger partial charge in [-0.05, 0) is 13.0 Å². The van der Waals surface area contributed by atoms with Gasteiger partial charge in [0, 0.05) is 15.0 Å². The van der Waals surface area contributed by atoms with Gasteiger partial charge in [-0.15, -0.1) is 0 Å². The van der Waals surface area contributed by atoms with E-state index in [1.54, 1.807) is 0 Å². The lowest BCUT2D eigenvalue weighted by molar-refractivity contribution is -0.132. The quantitative estimate of drug-likeness (QED) is 0.476. The largest absolute Gasteiger partial charge is 0.478 e. The molecule has 2 N–H and O–H groups in total. The molecule has 2 atom stereocenters. The minimum Gasteiger partial charge on any atom is -0.478 e. The lowest BCUT2D eigenvalue weighted by Gasteiger charge is -2.06. The van der Waals surface area contributed by atoms with Gasteiger partial charge >= 0.3 is 5.97 Å². The molecule has 4 nitrogen and oxygen atoms in total. The SMILES string of the molecule is CC(=CC(CO)OP)C(=O)O. The lowest BCUT2D eigenvalue weighted by atomic mass is 10.2. The van der Waals surface area contributed by atoms with Crippen molar-refractivity contribution in [3.8, 4) is 0 Å². The van der Waals surface area contributed by atoms with Crippen LogP contribution in [0.2, 0.25) is 0 Å². The molecule has 0 aliphatic carbocycles. The van der Waals surface area contributed by atoms with E-state index < -0.39 is 12.1 Å². The molecule has 0 amide bonds. The zero-order valence-corrected chi connectivity index (χ0v) is 7.30. The summed E-state index contributed by atoms with van der Waals surface area (Å²) >= 11 is 0. The highest BCUT2D eigenvalue weighted by atomic mass is 31.0. The van der Waals surface area contributed by atoms with Gasteiger partial charge < -0.3 is 14.7 Å². The second-order valence-electron chi connectivity index (χ2n) is 2.01. The molecule has 2 unspecified atom stereocenters. The van der Waals surface area contributed by atoms with Crippen LogP contribution in [0.4, 0.5) is 0 Å². The summed E-state index contributed by atoms with van der Waals surface area (Å²) in [5.74, 6) is -1.01. The first kappa shape index (κ1) is 10.6. The molecular formula is C6H11O4P. The average Bonchev–Trinajstić information content (AvgIpc) is 1.99. The number of rotatable bonds is 4. The smallest absolute Gasteiger partial charge is 0.331 e. The van der Waals surface area contributed by atoms with E-state index >= 15 is 0 Å². The Morgan fingerprint density at radius 1 is 1.82 bits per heavy atom. The Morgan fingerprint density at radius 3 is 2.64 bits per heavy atom. The summed E-state index contributed by atoms with van der Waals surface area (Å²) in [6, 6.07) is 0. The third-order valence-electron chi connectivity index (χ3n) is 1.13. The number of hydrogen-bond acceptors (Lipinski definition) is 3. The summed E-state index contributed by atoms with van der Waals surface area (Å²) in [5, 5.41) is 17.0. The van der Waals surface area contributed by atoms with Crippen LogP contribution in [0, 0.1) is 0 Å². The van der Waals surface area contributed by atoms with Gasteiger partial charge in [0.15, 0.2) is 0 Å². The third-order valence-corrected chi connectivity index (χ3v) is 1.48. The van der Waals surface area contributed by atoms with Crippen LogP contribution in [0.15, 0.2) is 11.6 Å². The molecule has 0 aromatic rings. The maximum atomic E-state index is 10.3. The first-order valence-corrected chi connectivity index (χ1v) is 3.47. The van der Waals surface area contributed by atoms with E-state index in [1.165, 1.54) is 13.0 Å². The van der Waals surface area contributed by atoms with E-state index in [4.69, 9.17) is 10.2 Å². The van der Waals surface area contributed by atoms with E-state index in [0.717, 1.165) is 0 Å². The van der Waals surface area contributed by atoms with Gasteiger partial charge in [0.2, 0.25) is 0 Å². The van der Waals surface area contributed by atoms with Crippen molar-refractivity contribution < 1.29 is 19.5 Å². The highest BCUT2D eigenvalue weighted by molar-refractivity contribution is 7.09. The third kappa shape index (κ3) is 4.09. The van der Waals surface area contributed by atoms with Gasteiger partial charge in [-0.3, -0.25) is 0 Å². The van der Waals surface area contributed by atoms with Crippen molar-refractivity contribution in [3.05, 3.63) is 11.6 Å². The molecule has 0 bridgehead atoms. The fourth-order valence-electron chi connectivity index (χ4n) is 0.485. The van der Waals surface area contributed by atoms with Crippen molar-refractivity contribution in [2.45, 2.75) is 13.0 Å². The van der Waals surface area contributed by atoms with Crippen LogP contribution in [-0.4, -0.2) is 28.9 Å². The van der Waals surface area contributed by atoms with Gasteiger partial charge in [-0.25, -0.2) is 4.79 Å². The van der Waals surface area contributed by atoms with E-state index in [2.05, 4.69) is 4.52 Å². The van der Waals surface area contributed by atoms with Crippen molar-refractivity contribution in [1.82, 2.24) is 0 Å². The number of carboxylic acids is 1. The van der Waals surface area contributed by atoms with Gasteiger partial charge in [-0.2, -0.15) is 0 Å². The molecule has 0 saturated carbocycles. The molecule has 0 spiro atoms. The fraction of sp³-hybridized carbons (Fsp3) is 0.500. The Labute approximate surface area is 67.2 Å². The Bertz CT molecular complexity index is 162. The summed E-state index contributed by atoms with van der Waals surface area (Å²) in [6.45, 7) is 1.21. The summed E-state index contributed by atoms with van der Waals surface area (Å²) < 4.78 is 4.65. The van der Waals surface area contributed by atoms with Crippen molar-refractivity contribution >= 4 is 15.4 Å². The topological polar surface area (TPSA) is 66.8 Å². The van der Waals surface area contributed by atoms with Crippen molar-refractivity contribution in [2.75, 3.05) is 6.61 Å². The maximum absolute atomic E-state index is 10.3. The minimum absolute atomic E-state index is 0.159. The predicted molar refractivity (Wildman–Crippen MR) is 43.1 cm³/mol. The molecule has 11 heavy (non-hydrogen) atoms. The molecule has 0 aromatic heterocycles. The van der Waals surface area contributed by atoms with E-state index in [1.807, 2.05) is 9.47 Å². The zero-order chi connectivity index (χ0) is 8.85. The van der Waals surface area contributed by atoms with Crippen LogP contribution in [-0.2, 0) is 9.32 Å². The first-order valence-electron chi connectivity index (χ1n) is 3.00. The van der Waals surface area contributed by atoms with Gasteiger partial charge in [-0.1, -0.05) is 0 Å². The second-order valence-corrected chi connectivity index (χ2v) is 2.28. The van der Waals surface area contributed by atoms with Crippen LogP contribution in [0.25, 0.3) is 0 Å². The van der Waals surface area contributed by atoms with E-state index in [9.17, 15) is 4.79 Å². The average molecular weight is 178 g/mol. The van der Waals surface area contributed by atoms with Crippen LogP contribution in [0.3, 0.4) is 0 Å². The number of aliphatic hydroxyl groups excluding tert-OH is 1. The molecule has 0 heterocycles. The molecule has 0 aliphatic heterocycles. The number of carbonyl (C=O) groups is 1. The Balaban J connectivity index is 4.14. The van der Waals surface area contributed by atoms with Gasteiger partial charge in [0.05, 0.1) is 6.61 Å². The summed E-state index contributed by atoms with van der Waals surface area (Å²) in [7, 11) is 1.96. The number of hydrogen-bond donors (Lipinski definition) is 2. The highest BCUT2D eigenvalue weighted by Gasteiger charge is 2.05. The normalized spacial score (nSPS) is 14.6. The standard InChI is InChI=1S/C6H11O4P/c1-4(6(8)9)2-5(3-7)10-11/h2,5,7H,3,11H2,1H3,(H,8,9). The van der Waals surface area contributed by atoms with E-state index in [-0.39, 0.29) is 12.2 Å². The maximum Gasteiger partial charge on any atom is 0.331 e. The summed E-state index contributed by atoms with van der Waals surface area (Å²) in [5.41, 5.74) is 0.159. The molecule has 0 fully saturated rings. The van der Waals surface area contributed by atoms with Gasteiger partial charge in [0.1, 0.15) is 6.10 Å². The summed E-state index contributed by atoms with van der Waals surface area (Å²) in [4.78, 5) is 10.3. The Hall–Kier alpha value is -0.440. The lowest BCUT2D eigenvalue weighted by Crippen LogP contribution is -2.11. The molecule has 0 saturated heterocycles. The molecule has 0 radical (unpaired) electrons. The van der Waals surface area contributed by atoms with Crippen LogP contribution < -0.4 is 0 Å². The zero-order valence-electron chi connectivity index (χ0n) is 6.15. The van der Waals surface area contributed by atoms with E-state index in [0.29, 0.717) is 0 Å². The first-order chi connectivity index (χ1) is 5.11. The number of aliphatic carboxylic acids is 1. The summed E-state index contributed by atoms with van der Waals surface area (Å²) in [6.07, 6.45) is 0.783. The second kappa shape index (κ2) is 5.24. The molecule has 5 heteroatoms. The van der Waals surface area contributed by atoms with Crippen LogP contribution in [0.5, 0.6) is 0 Å². The Morgan fingerprint density at radius 2 is 2.36 bits per heavy atom. The highest BCUT2D eigenvalue weighted by Crippen LogP contribution is 2.03. The minimum atomic E-state index is -1.01. The molecule has 0 rings (SSSR count). The Kier molecular flexibility index (Phi) is 5.03. The van der Waals surface area contributed by atoms with Crippen molar-refractivity contribution in [3.63, 3.8) is 0 Å². The monoisotopic (exact) mass is 178 g/mol. The molecule has 0 aromatic carbocycles. The number of carboxylic acid groups (broad SMARTS) is 1. The van der Waals surface area contributed by atoms with Crippen molar-refractivity contribution in [2.24, 2.45) is 0 Å². The van der Waals surface area contributed by atoms with Crippen molar-refractivity contribution in [1.29, 1.82) is 0 Å².